The first-order valence-corrected chi connectivity index (χ1v) is 7.77. The van der Waals surface area contributed by atoms with Crippen LogP contribution in [0.5, 0.6) is 5.75 Å². The van der Waals surface area contributed by atoms with E-state index < -0.39 is 5.60 Å². The van der Waals surface area contributed by atoms with Gasteiger partial charge >= 0.3 is 0 Å². The molecule has 130 valence electrons. The van der Waals surface area contributed by atoms with Crippen molar-refractivity contribution in [3.05, 3.63) is 29.8 Å². The van der Waals surface area contributed by atoms with E-state index in [9.17, 15) is 9.90 Å². The highest BCUT2D eigenvalue weighted by atomic mass is 16.5. The Kier molecular flexibility index (Phi) is 7.15. The number of nitrogens with zero attached hydrogens (tertiary/aromatic N) is 1. The van der Waals surface area contributed by atoms with Gasteiger partial charge in [0.1, 0.15) is 37.6 Å². The maximum Gasteiger partial charge on any atom is 0.193 e. The summed E-state index contributed by atoms with van der Waals surface area (Å²) >= 11 is 0. The van der Waals surface area contributed by atoms with Gasteiger partial charge < -0.3 is 24.5 Å². The van der Waals surface area contributed by atoms with E-state index >= 15 is 0 Å². The van der Waals surface area contributed by atoms with E-state index in [0.29, 0.717) is 42.0 Å². The summed E-state index contributed by atoms with van der Waals surface area (Å²) in [5, 5.41) is 27.9. The zero-order chi connectivity index (χ0) is 17.5. The number of Topliss-reactive ketones (excluding diaryl/α,β-unsaturated/α-hetero) is 1. The minimum absolute atomic E-state index is 0.0598. The first-order valence-electron chi connectivity index (χ1n) is 7.77. The molecule has 0 saturated carbocycles. The summed E-state index contributed by atoms with van der Waals surface area (Å²) in [7, 11) is 1.96. The Balaban J connectivity index is 2.57. The molecule has 0 atom stereocenters. The Morgan fingerprint density at radius 3 is 2.04 bits per heavy atom. The van der Waals surface area contributed by atoms with Crippen molar-refractivity contribution in [2.75, 3.05) is 46.5 Å². The third kappa shape index (κ3) is 6.27. The first kappa shape index (κ1) is 19.6. The summed E-state index contributed by atoms with van der Waals surface area (Å²) in [4.78, 5) is 11.9. The molecular formula is C17H28NO5+. The van der Waals surface area contributed by atoms with Crippen LogP contribution >= 0.6 is 0 Å². The summed E-state index contributed by atoms with van der Waals surface area (Å²) in [5.74, 6) is 0.302. The molecule has 1 aromatic carbocycles. The van der Waals surface area contributed by atoms with Gasteiger partial charge in [-0.1, -0.05) is 0 Å². The van der Waals surface area contributed by atoms with Gasteiger partial charge in [-0.05, 0) is 38.1 Å². The number of ketones is 1. The van der Waals surface area contributed by atoms with Gasteiger partial charge in [-0.15, -0.1) is 0 Å². The van der Waals surface area contributed by atoms with Gasteiger partial charge in [-0.2, -0.15) is 0 Å². The number of carbonyl (C=O) groups excluding carboxylic acids is 1. The molecule has 0 saturated heterocycles. The summed E-state index contributed by atoms with van der Waals surface area (Å²) in [6.07, 6.45) is 0. The molecule has 0 radical (unpaired) electrons. The third-order valence-corrected chi connectivity index (χ3v) is 3.85. The molecular weight excluding hydrogens is 298 g/mol. The van der Waals surface area contributed by atoms with Crippen LogP contribution in [0.15, 0.2) is 24.3 Å². The maximum absolute atomic E-state index is 11.9. The molecule has 0 aliphatic carbocycles. The Hall–Kier alpha value is -1.47. The molecule has 0 heterocycles. The average molecular weight is 326 g/mol. The van der Waals surface area contributed by atoms with Crippen LogP contribution in [0.3, 0.4) is 0 Å². The lowest BCUT2D eigenvalue weighted by Gasteiger charge is -2.33. The summed E-state index contributed by atoms with van der Waals surface area (Å²) in [5.41, 5.74) is -0.956. The van der Waals surface area contributed by atoms with E-state index in [1.165, 1.54) is 13.8 Å². The molecule has 6 nitrogen and oxygen atoms in total. The van der Waals surface area contributed by atoms with E-state index in [1.54, 1.807) is 24.3 Å². The number of aliphatic hydroxyl groups excluding tert-OH is 2. The van der Waals surface area contributed by atoms with Crippen LogP contribution < -0.4 is 4.74 Å². The minimum atomic E-state index is -1.39. The molecule has 3 N–H and O–H groups in total. The van der Waals surface area contributed by atoms with Crippen molar-refractivity contribution < 1.29 is 29.3 Å². The van der Waals surface area contributed by atoms with Crippen LogP contribution in [0, 0.1) is 0 Å². The summed E-state index contributed by atoms with van der Waals surface area (Å²) in [6.45, 7) is 5.25. The second-order valence-corrected chi connectivity index (χ2v) is 6.50. The fourth-order valence-electron chi connectivity index (χ4n) is 2.26. The number of ether oxygens (including phenoxy) is 1. The fraction of sp³-hybridized carbons (Fsp3) is 0.588. The summed E-state index contributed by atoms with van der Waals surface area (Å²) < 4.78 is 6.19. The van der Waals surface area contributed by atoms with Gasteiger partial charge in [0.2, 0.25) is 0 Å². The average Bonchev–Trinajstić information content (AvgIpc) is 2.47. The molecule has 6 heteroatoms. The molecule has 1 aromatic rings. The second-order valence-electron chi connectivity index (χ2n) is 6.50. The highest BCUT2D eigenvalue weighted by Crippen LogP contribution is 2.17. The van der Waals surface area contributed by atoms with Crippen LogP contribution in [0.1, 0.15) is 24.2 Å². The molecule has 0 spiro atoms. The monoisotopic (exact) mass is 326 g/mol. The lowest BCUT2D eigenvalue weighted by atomic mass is 9.97. The van der Waals surface area contributed by atoms with Gasteiger partial charge in [-0.3, -0.25) is 4.79 Å². The van der Waals surface area contributed by atoms with E-state index in [4.69, 9.17) is 14.9 Å². The predicted molar refractivity (Wildman–Crippen MR) is 87.5 cm³/mol. The van der Waals surface area contributed by atoms with Crippen LogP contribution in [0.25, 0.3) is 0 Å². The molecule has 0 bridgehead atoms. The number of aliphatic hydroxyl groups is 3. The van der Waals surface area contributed by atoms with E-state index in [-0.39, 0.29) is 19.0 Å². The van der Waals surface area contributed by atoms with E-state index in [2.05, 4.69) is 0 Å². The molecule has 0 amide bonds. The lowest BCUT2D eigenvalue weighted by Crippen LogP contribution is -2.50. The van der Waals surface area contributed by atoms with Crippen molar-refractivity contribution in [1.29, 1.82) is 0 Å². The van der Waals surface area contributed by atoms with Crippen molar-refractivity contribution in [2.45, 2.75) is 19.4 Å². The predicted octanol–water partition coefficient (Wildman–Crippen LogP) is 0.450. The smallest absolute Gasteiger partial charge is 0.193 e. The van der Waals surface area contributed by atoms with E-state index in [0.717, 1.165) is 0 Å². The fourth-order valence-corrected chi connectivity index (χ4v) is 2.26. The highest BCUT2D eigenvalue weighted by Gasteiger charge is 2.25. The Morgan fingerprint density at radius 2 is 1.61 bits per heavy atom. The Bertz CT molecular complexity index is 487. The van der Waals surface area contributed by atoms with Gasteiger partial charge in [0.25, 0.3) is 0 Å². The number of carbonyl (C=O) groups is 1. The number of hydrogen-bond donors (Lipinski definition) is 3. The molecule has 0 aromatic heterocycles. The van der Waals surface area contributed by atoms with Crippen molar-refractivity contribution in [3.63, 3.8) is 0 Å². The van der Waals surface area contributed by atoms with Gasteiger partial charge in [0, 0.05) is 5.56 Å². The molecule has 0 aliphatic rings. The van der Waals surface area contributed by atoms with Crippen LogP contribution in [-0.2, 0) is 0 Å². The quantitative estimate of drug-likeness (QED) is 0.429. The van der Waals surface area contributed by atoms with Crippen LogP contribution in [-0.4, -0.2) is 77.7 Å². The first-order chi connectivity index (χ1) is 10.7. The normalized spacial score (nSPS) is 12.3. The largest absolute Gasteiger partial charge is 0.488 e. The van der Waals surface area contributed by atoms with Crippen LogP contribution in [0.4, 0.5) is 0 Å². The number of rotatable bonds is 10. The molecule has 0 aliphatic heterocycles. The zero-order valence-electron chi connectivity index (χ0n) is 14.2. The van der Waals surface area contributed by atoms with Gasteiger partial charge in [-0.25, -0.2) is 0 Å². The number of likely N-dealkylation sites (N-methyl/N-ethyl adjacent to an activating group) is 1. The molecule has 1 rings (SSSR count). The SMILES string of the molecule is CC(C)(O)C(=O)c1ccc(OCC[N+](C)(CCO)CCO)cc1. The summed E-state index contributed by atoms with van der Waals surface area (Å²) in [6, 6.07) is 6.65. The number of quaternary nitrogens is 1. The lowest BCUT2D eigenvalue weighted by molar-refractivity contribution is -0.910. The minimum Gasteiger partial charge on any atom is -0.488 e. The molecule has 23 heavy (non-hydrogen) atoms. The molecule has 0 fully saturated rings. The Morgan fingerprint density at radius 1 is 1.09 bits per heavy atom. The van der Waals surface area contributed by atoms with Crippen molar-refractivity contribution in [1.82, 2.24) is 0 Å². The highest BCUT2D eigenvalue weighted by molar-refractivity contribution is 6.01. The van der Waals surface area contributed by atoms with Gasteiger partial charge in [0.05, 0.1) is 20.3 Å². The van der Waals surface area contributed by atoms with Crippen LogP contribution in [0.2, 0.25) is 0 Å². The van der Waals surface area contributed by atoms with Crippen molar-refractivity contribution in [3.8, 4) is 5.75 Å². The Labute approximate surface area is 137 Å². The van der Waals surface area contributed by atoms with Crippen molar-refractivity contribution in [2.24, 2.45) is 0 Å². The molecule has 0 unspecified atom stereocenters. The zero-order valence-corrected chi connectivity index (χ0v) is 14.2. The standard InChI is InChI=1S/C17H28NO5/c1-17(2,22)16(21)14-4-6-15(7-5-14)23-13-10-18(3,8-11-19)9-12-20/h4-7,19-20,22H,8-13H2,1-3H3/q+1. The third-order valence-electron chi connectivity index (χ3n) is 3.85. The number of hydrogen-bond acceptors (Lipinski definition) is 5. The maximum atomic E-state index is 11.9. The second kappa shape index (κ2) is 8.40. The van der Waals surface area contributed by atoms with Gasteiger partial charge in [0.15, 0.2) is 5.78 Å². The van der Waals surface area contributed by atoms with E-state index in [1.807, 2.05) is 7.05 Å². The van der Waals surface area contributed by atoms with Crippen molar-refractivity contribution >= 4 is 5.78 Å². The topological polar surface area (TPSA) is 87.0 Å². The number of benzene rings is 1.